The smallest absolute Gasteiger partial charge is 0.263 e. The molecule has 1 amide bonds. The fourth-order valence-electron chi connectivity index (χ4n) is 2.39. The number of methoxy groups -OCH3 is 1. The number of thiocarbonyl (C=S) groups is 1. The topological polar surface area (TPSA) is 47.6 Å². The molecule has 6 heteroatoms. The fourth-order valence-corrected chi connectivity index (χ4v) is 3.43. The van der Waals surface area contributed by atoms with Crippen molar-refractivity contribution in [2.24, 2.45) is 0 Å². The van der Waals surface area contributed by atoms with Gasteiger partial charge in [-0.1, -0.05) is 60.4 Å². The normalized spacial score (nSPS) is 15.3. The zero-order valence-corrected chi connectivity index (χ0v) is 15.3. The predicted octanol–water partition coefficient (Wildman–Crippen LogP) is 3.81. The van der Waals surface area contributed by atoms with Crippen LogP contribution in [0.15, 0.2) is 53.4 Å². The first kappa shape index (κ1) is 17.5. The maximum absolute atomic E-state index is 11.7. The maximum atomic E-state index is 11.7. The number of ether oxygens (including phenoxy) is 2. The van der Waals surface area contributed by atoms with Crippen molar-refractivity contribution in [1.29, 1.82) is 0 Å². The molecule has 0 radical (unpaired) electrons. The first-order valence-electron chi connectivity index (χ1n) is 7.75. The Morgan fingerprint density at radius 2 is 1.96 bits per heavy atom. The van der Waals surface area contributed by atoms with Gasteiger partial charge in [0.25, 0.3) is 5.91 Å². The van der Waals surface area contributed by atoms with E-state index in [1.807, 2.05) is 36.4 Å². The standard InChI is InChI=1S/C19H17NO3S2/c1-22-16-11-14(12-17-18(21)20-19(24)25-17)7-8-15(16)23-10-9-13-5-3-2-4-6-13/h2-8,11-12H,9-10H2,1H3,(H,20,21,24). The van der Waals surface area contributed by atoms with E-state index in [1.165, 1.54) is 17.3 Å². The van der Waals surface area contributed by atoms with Gasteiger partial charge in [-0.3, -0.25) is 4.79 Å². The number of nitrogens with one attached hydrogen (secondary N) is 1. The van der Waals surface area contributed by atoms with E-state index >= 15 is 0 Å². The molecule has 25 heavy (non-hydrogen) atoms. The van der Waals surface area contributed by atoms with Crippen molar-refractivity contribution in [2.75, 3.05) is 13.7 Å². The van der Waals surface area contributed by atoms with Crippen LogP contribution in [0.1, 0.15) is 11.1 Å². The van der Waals surface area contributed by atoms with Crippen LogP contribution < -0.4 is 14.8 Å². The van der Waals surface area contributed by atoms with E-state index in [0.717, 1.165) is 12.0 Å². The summed E-state index contributed by atoms with van der Waals surface area (Å²) in [6.07, 6.45) is 2.61. The summed E-state index contributed by atoms with van der Waals surface area (Å²) >= 11 is 6.25. The number of rotatable bonds is 6. The van der Waals surface area contributed by atoms with Gasteiger partial charge in [0, 0.05) is 6.42 Å². The van der Waals surface area contributed by atoms with E-state index in [9.17, 15) is 4.79 Å². The van der Waals surface area contributed by atoms with Crippen LogP contribution in [0.2, 0.25) is 0 Å². The van der Waals surface area contributed by atoms with Crippen LogP contribution in [0, 0.1) is 0 Å². The van der Waals surface area contributed by atoms with Crippen LogP contribution in [0.3, 0.4) is 0 Å². The first-order valence-corrected chi connectivity index (χ1v) is 8.98. The molecule has 4 nitrogen and oxygen atoms in total. The second kappa shape index (κ2) is 8.18. The molecule has 2 aromatic carbocycles. The summed E-state index contributed by atoms with van der Waals surface area (Å²) in [5.74, 6) is 1.14. The third-order valence-corrected chi connectivity index (χ3v) is 4.78. The number of hydrogen-bond donors (Lipinski definition) is 1. The average molecular weight is 371 g/mol. The third-order valence-electron chi connectivity index (χ3n) is 3.62. The maximum Gasteiger partial charge on any atom is 0.263 e. The minimum absolute atomic E-state index is 0.169. The number of carbonyl (C=O) groups excluding carboxylic acids is 1. The van der Waals surface area contributed by atoms with Gasteiger partial charge in [0.05, 0.1) is 18.6 Å². The molecule has 1 heterocycles. The van der Waals surface area contributed by atoms with Crippen LogP contribution in [0.25, 0.3) is 6.08 Å². The average Bonchev–Trinajstić information content (AvgIpc) is 2.94. The number of benzene rings is 2. The highest BCUT2D eigenvalue weighted by molar-refractivity contribution is 8.26. The molecule has 1 fully saturated rings. The SMILES string of the molecule is COc1cc(C=C2SC(=S)NC2=O)ccc1OCCc1ccccc1. The van der Waals surface area contributed by atoms with Crippen LogP contribution in [-0.2, 0) is 11.2 Å². The minimum Gasteiger partial charge on any atom is -0.493 e. The predicted molar refractivity (Wildman–Crippen MR) is 105 cm³/mol. The number of thioether (sulfide) groups is 1. The minimum atomic E-state index is -0.169. The van der Waals surface area contributed by atoms with Crippen LogP contribution in [0.5, 0.6) is 11.5 Å². The van der Waals surface area contributed by atoms with Gasteiger partial charge in [0.2, 0.25) is 0 Å². The highest BCUT2D eigenvalue weighted by atomic mass is 32.2. The molecule has 2 aromatic rings. The lowest BCUT2D eigenvalue weighted by Crippen LogP contribution is -2.17. The molecule has 1 aliphatic heterocycles. The van der Waals surface area contributed by atoms with Crippen molar-refractivity contribution in [3.63, 3.8) is 0 Å². The molecule has 128 valence electrons. The van der Waals surface area contributed by atoms with Gasteiger partial charge in [-0.2, -0.15) is 0 Å². The molecule has 1 saturated heterocycles. The van der Waals surface area contributed by atoms with Crippen LogP contribution >= 0.6 is 24.0 Å². The van der Waals surface area contributed by atoms with E-state index in [4.69, 9.17) is 21.7 Å². The highest BCUT2D eigenvalue weighted by Gasteiger charge is 2.22. The molecule has 1 aliphatic rings. The van der Waals surface area contributed by atoms with E-state index in [0.29, 0.717) is 27.3 Å². The van der Waals surface area contributed by atoms with Gasteiger partial charge in [-0.05, 0) is 29.3 Å². The lowest BCUT2D eigenvalue weighted by Gasteiger charge is -2.11. The van der Waals surface area contributed by atoms with E-state index in [1.54, 1.807) is 13.2 Å². The molecule has 0 saturated carbocycles. The zero-order valence-electron chi connectivity index (χ0n) is 13.7. The summed E-state index contributed by atoms with van der Waals surface area (Å²) in [5, 5.41) is 2.60. The van der Waals surface area contributed by atoms with Gasteiger partial charge in [-0.25, -0.2) is 0 Å². The summed E-state index contributed by atoms with van der Waals surface area (Å²) in [6, 6.07) is 15.8. The highest BCUT2D eigenvalue weighted by Crippen LogP contribution is 2.31. The Bertz CT molecular complexity index is 819. The third kappa shape index (κ3) is 4.61. The Labute approximate surface area is 156 Å². The summed E-state index contributed by atoms with van der Waals surface area (Å²) in [5.41, 5.74) is 2.08. The molecule has 1 N–H and O–H groups in total. The van der Waals surface area contributed by atoms with Crippen molar-refractivity contribution >= 4 is 40.3 Å². The van der Waals surface area contributed by atoms with Crippen molar-refractivity contribution in [3.8, 4) is 11.5 Å². The van der Waals surface area contributed by atoms with E-state index in [2.05, 4.69) is 17.4 Å². The number of hydrogen-bond acceptors (Lipinski definition) is 5. The fraction of sp³-hybridized carbons (Fsp3) is 0.158. The Kier molecular flexibility index (Phi) is 5.73. The van der Waals surface area contributed by atoms with Crippen molar-refractivity contribution in [2.45, 2.75) is 6.42 Å². The molecule has 0 bridgehead atoms. The molecule has 0 aromatic heterocycles. The molecule has 3 rings (SSSR count). The van der Waals surface area contributed by atoms with Gasteiger partial charge in [0.15, 0.2) is 11.5 Å². The summed E-state index contributed by atoms with van der Waals surface area (Å²) in [4.78, 5) is 12.3. The van der Waals surface area contributed by atoms with Gasteiger partial charge >= 0.3 is 0 Å². The largest absolute Gasteiger partial charge is 0.493 e. The second-order valence-electron chi connectivity index (χ2n) is 5.35. The van der Waals surface area contributed by atoms with Gasteiger partial charge < -0.3 is 14.8 Å². The van der Waals surface area contributed by atoms with E-state index < -0.39 is 0 Å². The van der Waals surface area contributed by atoms with Crippen molar-refractivity contribution < 1.29 is 14.3 Å². The Balaban J connectivity index is 1.68. The zero-order chi connectivity index (χ0) is 17.6. The van der Waals surface area contributed by atoms with Crippen LogP contribution in [0.4, 0.5) is 0 Å². The van der Waals surface area contributed by atoms with Crippen molar-refractivity contribution in [3.05, 3.63) is 64.6 Å². The molecule has 0 unspecified atom stereocenters. The van der Waals surface area contributed by atoms with Gasteiger partial charge in [-0.15, -0.1) is 0 Å². The lowest BCUT2D eigenvalue weighted by atomic mass is 10.1. The Hall–Kier alpha value is -2.31. The quantitative estimate of drug-likeness (QED) is 0.618. The molecule has 0 spiro atoms. The van der Waals surface area contributed by atoms with Crippen molar-refractivity contribution in [1.82, 2.24) is 5.32 Å². The number of amides is 1. The van der Waals surface area contributed by atoms with Gasteiger partial charge in [0.1, 0.15) is 4.32 Å². The molecule has 0 atom stereocenters. The summed E-state index contributed by atoms with van der Waals surface area (Å²) in [7, 11) is 1.60. The molecule has 0 aliphatic carbocycles. The molecular weight excluding hydrogens is 354 g/mol. The summed E-state index contributed by atoms with van der Waals surface area (Å²) < 4.78 is 11.7. The Morgan fingerprint density at radius 3 is 2.64 bits per heavy atom. The second-order valence-corrected chi connectivity index (χ2v) is 7.07. The monoisotopic (exact) mass is 371 g/mol. The van der Waals surface area contributed by atoms with E-state index in [-0.39, 0.29) is 5.91 Å². The molecular formula is C19H17NO3S2. The van der Waals surface area contributed by atoms with Crippen LogP contribution in [-0.4, -0.2) is 23.9 Å². The number of carbonyl (C=O) groups is 1. The summed E-state index contributed by atoms with van der Waals surface area (Å²) in [6.45, 7) is 0.563. The first-order chi connectivity index (χ1) is 12.2. The Morgan fingerprint density at radius 1 is 1.16 bits per heavy atom. The lowest BCUT2D eigenvalue weighted by molar-refractivity contribution is -0.115.